The van der Waals surface area contributed by atoms with Crippen molar-refractivity contribution in [2.75, 3.05) is 30.3 Å². The van der Waals surface area contributed by atoms with Crippen molar-refractivity contribution >= 4 is 50.9 Å². The van der Waals surface area contributed by atoms with Gasteiger partial charge in [0.1, 0.15) is 18.3 Å². The van der Waals surface area contributed by atoms with Crippen LogP contribution in [0.3, 0.4) is 0 Å². The Labute approximate surface area is 258 Å². The molecule has 0 heterocycles. The highest BCUT2D eigenvalue weighted by molar-refractivity contribution is 7.98. The van der Waals surface area contributed by atoms with E-state index in [0.29, 0.717) is 30.3 Å². The zero-order chi connectivity index (χ0) is 30.7. The predicted molar refractivity (Wildman–Crippen MR) is 170 cm³/mol. The van der Waals surface area contributed by atoms with Crippen LogP contribution >= 0.6 is 23.4 Å². The van der Waals surface area contributed by atoms with Gasteiger partial charge in [0.2, 0.25) is 11.8 Å². The predicted octanol–water partition coefficient (Wildman–Crippen LogP) is 5.99. The summed E-state index contributed by atoms with van der Waals surface area (Å²) in [4.78, 5) is 29.8. The van der Waals surface area contributed by atoms with Gasteiger partial charge in [-0.1, -0.05) is 49.7 Å². The van der Waals surface area contributed by atoms with Crippen LogP contribution < -0.4 is 14.4 Å². The van der Waals surface area contributed by atoms with Gasteiger partial charge in [-0.3, -0.25) is 13.9 Å². The molecule has 0 aliphatic rings. The fraction of sp³-hybridized carbons (Fsp3) is 0.355. The van der Waals surface area contributed by atoms with Gasteiger partial charge in [-0.05, 0) is 80.1 Å². The van der Waals surface area contributed by atoms with E-state index in [-0.39, 0.29) is 23.0 Å². The molecule has 0 saturated carbocycles. The van der Waals surface area contributed by atoms with Gasteiger partial charge in [0.15, 0.2) is 0 Å². The van der Waals surface area contributed by atoms with Crippen LogP contribution in [0.2, 0.25) is 5.02 Å². The van der Waals surface area contributed by atoms with Gasteiger partial charge in [-0.25, -0.2) is 8.42 Å². The van der Waals surface area contributed by atoms with Gasteiger partial charge in [0.05, 0.1) is 17.2 Å². The Morgan fingerprint density at radius 1 is 0.976 bits per heavy atom. The van der Waals surface area contributed by atoms with E-state index in [1.807, 2.05) is 20.1 Å². The number of rotatable bonds is 15. The topological polar surface area (TPSA) is 96.0 Å². The standard InChI is InChI=1S/C31H38ClN3O5S2/c1-5-20-33-31(37)27(6-2)34(21-23-12-14-24(32)15-13-23)30(36)22-35(28-10-8-9-11-29(28)40-7-3)42(38,39)26-18-16-25(41-4)17-19-26/h8-19,27H,5-7,20-22H2,1-4H3,(H,33,37)/t27-/m1/s1. The van der Waals surface area contributed by atoms with Crippen LogP contribution in [0, 0.1) is 0 Å². The molecule has 226 valence electrons. The summed E-state index contributed by atoms with van der Waals surface area (Å²) in [5, 5.41) is 3.43. The lowest BCUT2D eigenvalue weighted by molar-refractivity contribution is -0.140. The first kappa shape index (κ1) is 33.3. The summed E-state index contributed by atoms with van der Waals surface area (Å²) >= 11 is 7.58. The van der Waals surface area contributed by atoms with E-state index in [4.69, 9.17) is 16.3 Å². The summed E-state index contributed by atoms with van der Waals surface area (Å²) in [6.45, 7) is 5.90. The van der Waals surface area contributed by atoms with E-state index >= 15 is 0 Å². The lowest BCUT2D eigenvalue weighted by atomic mass is 10.1. The number of halogens is 1. The molecule has 1 atom stereocenters. The number of sulfonamides is 1. The summed E-state index contributed by atoms with van der Waals surface area (Å²) in [7, 11) is -4.22. The number of nitrogens with one attached hydrogen (secondary N) is 1. The lowest BCUT2D eigenvalue weighted by Crippen LogP contribution is -2.52. The van der Waals surface area contributed by atoms with Crippen LogP contribution in [-0.4, -0.2) is 57.1 Å². The Kier molecular flexibility index (Phi) is 12.6. The zero-order valence-corrected chi connectivity index (χ0v) is 26.8. The summed E-state index contributed by atoms with van der Waals surface area (Å²) in [6, 6.07) is 19.4. The molecular formula is C31H38ClN3O5S2. The van der Waals surface area contributed by atoms with E-state index in [0.717, 1.165) is 21.2 Å². The highest BCUT2D eigenvalue weighted by atomic mass is 35.5. The summed E-state index contributed by atoms with van der Waals surface area (Å²) < 4.78 is 35.2. The summed E-state index contributed by atoms with van der Waals surface area (Å²) in [5.41, 5.74) is 0.989. The first-order valence-corrected chi connectivity index (χ1v) is 16.9. The van der Waals surface area contributed by atoms with Crippen molar-refractivity contribution in [3.05, 3.63) is 83.4 Å². The Balaban J connectivity index is 2.10. The van der Waals surface area contributed by atoms with E-state index in [2.05, 4.69) is 5.32 Å². The zero-order valence-electron chi connectivity index (χ0n) is 24.4. The third-order valence-electron chi connectivity index (χ3n) is 6.56. The van der Waals surface area contributed by atoms with E-state index < -0.39 is 28.5 Å². The van der Waals surface area contributed by atoms with E-state index in [1.165, 1.54) is 28.8 Å². The second-order valence-electron chi connectivity index (χ2n) is 9.45. The highest BCUT2D eigenvalue weighted by Gasteiger charge is 2.34. The van der Waals surface area contributed by atoms with E-state index in [1.54, 1.807) is 67.6 Å². The number of amides is 2. The van der Waals surface area contributed by atoms with Crippen molar-refractivity contribution in [3.8, 4) is 5.75 Å². The molecule has 0 unspecified atom stereocenters. The number of hydrogen-bond donors (Lipinski definition) is 1. The van der Waals surface area contributed by atoms with Crippen LogP contribution in [0.1, 0.15) is 39.2 Å². The number of benzene rings is 3. The SMILES string of the molecule is CCCNC(=O)[C@@H](CC)N(Cc1ccc(Cl)cc1)C(=O)CN(c1ccccc1OCC)S(=O)(=O)c1ccc(SC)cc1. The number of carbonyl (C=O) groups excluding carboxylic acids is 2. The number of para-hydroxylation sites is 2. The number of thioether (sulfide) groups is 1. The minimum Gasteiger partial charge on any atom is -0.492 e. The fourth-order valence-electron chi connectivity index (χ4n) is 4.40. The third kappa shape index (κ3) is 8.42. The average molecular weight is 632 g/mol. The van der Waals surface area contributed by atoms with Crippen molar-refractivity contribution in [2.45, 2.75) is 56.0 Å². The average Bonchev–Trinajstić information content (AvgIpc) is 3.00. The van der Waals surface area contributed by atoms with Crippen LogP contribution in [-0.2, 0) is 26.2 Å². The summed E-state index contributed by atoms with van der Waals surface area (Å²) in [5.74, 6) is -0.494. The van der Waals surface area contributed by atoms with Crippen molar-refractivity contribution in [1.82, 2.24) is 10.2 Å². The highest BCUT2D eigenvalue weighted by Crippen LogP contribution is 2.33. The summed E-state index contributed by atoms with van der Waals surface area (Å²) in [6.07, 6.45) is 2.99. The third-order valence-corrected chi connectivity index (χ3v) is 9.33. The molecule has 0 aromatic heterocycles. The smallest absolute Gasteiger partial charge is 0.264 e. The second kappa shape index (κ2) is 15.9. The molecule has 0 spiro atoms. The number of ether oxygens (including phenoxy) is 1. The first-order valence-electron chi connectivity index (χ1n) is 13.9. The molecule has 0 aliphatic heterocycles. The van der Waals surface area contributed by atoms with Crippen LogP contribution in [0.5, 0.6) is 5.75 Å². The maximum Gasteiger partial charge on any atom is 0.264 e. The molecule has 0 radical (unpaired) electrons. The minimum atomic E-state index is -4.22. The molecule has 0 bridgehead atoms. The van der Waals surface area contributed by atoms with Crippen molar-refractivity contribution in [2.24, 2.45) is 0 Å². The molecule has 3 rings (SSSR count). The molecule has 0 fully saturated rings. The maximum atomic E-state index is 14.2. The van der Waals surface area contributed by atoms with Crippen LogP contribution in [0.15, 0.2) is 82.6 Å². The lowest BCUT2D eigenvalue weighted by Gasteiger charge is -2.33. The van der Waals surface area contributed by atoms with Crippen molar-refractivity contribution < 1.29 is 22.7 Å². The minimum absolute atomic E-state index is 0.0383. The maximum absolute atomic E-state index is 14.2. The van der Waals surface area contributed by atoms with Gasteiger partial charge in [0.25, 0.3) is 10.0 Å². The largest absolute Gasteiger partial charge is 0.492 e. The van der Waals surface area contributed by atoms with Crippen molar-refractivity contribution in [3.63, 3.8) is 0 Å². The number of hydrogen-bond acceptors (Lipinski definition) is 6. The quantitative estimate of drug-likeness (QED) is 0.207. The number of nitrogens with zero attached hydrogens (tertiary/aromatic N) is 2. The Morgan fingerprint density at radius 2 is 1.64 bits per heavy atom. The van der Waals surface area contributed by atoms with Crippen LogP contribution in [0.4, 0.5) is 5.69 Å². The monoisotopic (exact) mass is 631 g/mol. The van der Waals surface area contributed by atoms with Gasteiger partial charge < -0.3 is 15.0 Å². The van der Waals surface area contributed by atoms with E-state index in [9.17, 15) is 18.0 Å². The molecular weight excluding hydrogens is 594 g/mol. The Morgan fingerprint density at radius 3 is 2.24 bits per heavy atom. The molecule has 3 aromatic rings. The molecule has 0 saturated heterocycles. The molecule has 0 aliphatic carbocycles. The Hall–Kier alpha value is -3.21. The molecule has 2 amide bonds. The van der Waals surface area contributed by atoms with Gasteiger partial charge >= 0.3 is 0 Å². The molecule has 42 heavy (non-hydrogen) atoms. The Bertz CT molecular complexity index is 1430. The number of carbonyl (C=O) groups is 2. The fourth-order valence-corrected chi connectivity index (χ4v) is 6.36. The molecule has 3 aromatic carbocycles. The van der Waals surface area contributed by atoms with Gasteiger partial charge in [-0.15, -0.1) is 11.8 Å². The van der Waals surface area contributed by atoms with Gasteiger partial charge in [0, 0.05) is 23.0 Å². The number of anilines is 1. The van der Waals surface area contributed by atoms with Crippen LogP contribution in [0.25, 0.3) is 0 Å². The van der Waals surface area contributed by atoms with Crippen molar-refractivity contribution in [1.29, 1.82) is 0 Å². The second-order valence-corrected chi connectivity index (χ2v) is 12.6. The molecule has 8 nitrogen and oxygen atoms in total. The normalized spacial score (nSPS) is 11.9. The first-order chi connectivity index (χ1) is 20.2. The molecule has 1 N–H and O–H groups in total. The molecule has 11 heteroatoms. The van der Waals surface area contributed by atoms with Gasteiger partial charge in [-0.2, -0.15) is 0 Å².